The van der Waals surface area contributed by atoms with Gasteiger partial charge in [-0.05, 0) is 24.1 Å². The lowest BCUT2D eigenvalue weighted by Gasteiger charge is -2.30. The third-order valence-corrected chi connectivity index (χ3v) is 4.71. The molecule has 0 atom stereocenters. The SMILES string of the molecule is O=c1[nH]c(=O)n(-c2ccccc2F)c2c1CN(CCc1ccccc1)CN2. The van der Waals surface area contributed by atoms with Crippen molar-refractivity contribution in [2.24, 2.45) is 0 Å². The molecule has 1 aliphatic rings. The van der Waals surface area contributed by atoms with Crippen LogP contribution in [-0.2, 0) is 13.0 Å². The monoisotopic (exact) mass is 366 g/mol. The molecule has 0 fully saturated rings. The van der Waals surface area contributed by atoms with Crippen LogP contribution in [0.4, 0.5) is 10.2 Å². The van der Waals surface area contributed by atoms with Crippen LogP contribution in [0.5, 0.6) is 0 Å². The Bertz CT molecular complexity index is 1080. The Labute approximate surface area is 154 Å². The largest absolute Gasteiger partial charge is 0.358 e. The van der Waals surface area contributed by atoms with Crippen LogP contribution in [-0.4, -0.2) is 27.7 Å². The molecule has 0 radical (unpaired) electrons. The van der Waals surface area contributed by atoms with Gasteiger partial charge in [0.15, 0.2) is 0 Å². The Morgan fingerprint density at radius 2 is 1.74 bits per heavy atom. The van der Waals surface area contributed by atoms with Crippen LogP contribution >= 0.6 is 0 Å². The first-order valence-electron chi connectivity index (χ1n) is 8.77. The van der Waals surface area contributed by atoms with Gasteiger partial charge in [0, 0.05) is 13.1 Å². The molecule has 4 rings (SSSR count). The van der Waals surface area contributed by atoms with E-state index in [4.69, 9.17) is 0 Å². The van der Waals surface area contributed by atoms with Gasteiger partial charge < -0.3 is 5.32 Å². The summed E-state index contributed by atoms with van der Waals surface area (Å²) >= 11 is 0. The minimum atomic E-state index is -0.658. The predicted octanol–water partition coefficient (Wildman–Crippen LogP) is 2.09. The Balaban J connectivity index is 1.64. The van der Waals surface area contributed by atoms with E-state index in [0.29, 0.717) is 24.6 Å². The van der Waals surface area contributed by atoms with E-state index in [0.717, 1.165) is 13.0 Å². The normalized spacial score (nSPS) is 13.8. The fourth-order valence-corrected chi connectivity index (χ4v) is 3.32. The summed E-state index contributed by atoms with van der Waals surface area (Å²) in [4.78, 5) is 29.1. The van der Waals surface area contributed by atoms with Gasteiger partial charge in [-0.15, -0.1) is 0 Å². The van der Waals surface area contributed by atoms with Gasteiger partial charge >= 0.3 is 5.69 Å². The molecule has 1 aliphatic heterocycles. The first-order valence-corrected chi connectivity index (χ1v) is 8.77. The first-order chi connectivity index (χ1) is 13.1. The number of para-hydroxylation sites is 1. The van der Waals surface area contributed by atoms with E-state index in [1.165, 1.54) is 22.3 Å². The number of nitrogens with one attached hydrogen (secondary N) is 2. The van der Waals surface area contributed by atoms with Gasteiger partial charge in [-0.2, -0.15) is 0 Å². The molecule has 0 saturated heterocycles. The summed E-state index contributed by atoms with van der Waals surface area (Å²) in [5, 5.41) is 3.13. The summed E-state index contributed by atoms with van der Waals surface area (Å²) in [5.41, 5.74) is 0.652. The van der Waals surface area contributed by atoms with E-state index < -0.39 is 17.1 Å². The van der Waals surface area contributed by atoms with Gasteiger partial charge in [-0.3, -0.25) is 14.7 Å². The lowest BCUT2D eigenvalue weighted by molar-refractivity contribution is 0.275. The maximum atomic E-state index is 14.2. The molecule has 138 valence electrons. The standard InChI is InChI=1S/C20H19FN4O2/c21-16-8-4-5-9-17(16)25-18-15(19(26)23-20(25)27)12-24(13-22-18)11-10-14-6-2-1-3-7-14/h1-9,22H,10-13H2,(H,23,26,27). The molecule has 2 aromatic carbocycles. The van der Waals surface area contributed by atoms with Crippen molar-refractivity contribution >= 4 is 5.82 Å². The molecule has 0 aliphatic carbocycles. The number of H-pyrrole nitrogens is 1. The Kier molecular flexibility index (Phi) is 4.60. The summed E-state index contributed by atoms with van der Waals surface area (Å²) in [6.45, 7) is 1.62. The number of rotatable bonds is 4. The Morgan fingerprint density at radius 1 is 1.00 bits per heavy atom. The minimum absolute atomic E-state index is 0.111. The van der Waals surface area contributed by atoms with Gasteiger partial charge in [0.05, 0.1) is 17.9 Å². The summed E-state index contributed by atoms with van der Waals surface area (Å²) in [5.74, 6) is -0.174. The number of hydrogen-bond acceptors (Lipinski definition) is 4. The number of anilines is 1. The quantitative estimate of drug-likeness (QED) is 0.742. The molecular formula is C20H19FN4O2. The third kappa shape index (κ3) is 3.41. The highest BCUT2D eigenvalue weighted by atomic mass is 19.1. The average Bonchev–Trinajstić information content (AvgIpc) is 2.69. The predicted molar refractivity (Wildman–Crippen MR) is 102 cm³/mol. The molecule has 7 heteroatoms. The molecule has 0 saturated carbocycles. The van der Waals surface area contributed by atoms with Crippen LogP contribution in [0.3, 0.4) is 0 Å². The van der Waals surface area contributed by atoms with E-state index in [1.54, 1.807) is 12.1 Å². The Hall–Kier alpha value is -3.19. The zero-order valence-electron chi connectivity index (χ0n) is 14.6. The van der Waals surface area contributed by atoms with Crippen LogP contribution < -0.4 is 16.6 Å². The van der Waals surface area contributed by atoms with Crippen molar-refractivity contribution in [2.75, 3.05) is 18.5 Å². The third-order valence-electron chi connectivity index (χ3n) is 4.71. The highest BCUT2D eigenvalue weighted by Gasteiger charge is 2.24. The number of hydrogen-bond donors (Lipinski definition) is 2. The summed E-state index contributed by atoms with van der Waals surface area (Å²) in [6, 6.07) is 16.1. The highest BCUT2D eigenvalue weighted by molar-refractivity contribution is 5.52. The molecule has 2 heterocycles. The van der Waals surface area contributed by atoms with Crippen molar-refractivity contribution in [1.82, 2.24) is 14.5 Å². The van der Waals surface area contributed by atoms with Gasteiger partial charge in [-0.1, -0.05) is 42.5 Å². The molecular weight excluding hydrogens is 347 g/mol. The number of halogens is 1. The van der Waals surface area contributed by atoms with E-state index in [9.17, 15) is 14.0 Å². The number of nitrogens with zero attached hydrogens (tertiary/aromatic N) is 2. The second-order valence-electron chi connectivity index (χ2n) is 6.50. The van der Waals surface area contributed by atoms with Crippen molar-refractivity contribution in [2.45, 2.75) is 13.0 Å². The molecule has 0 amide bonds. The molecule has 6 nitrogen and oxygen atoms in total. The second kappa shape index (κ2) is 7.20. The van der Waals surface area contributed by atoms with E-state index in [-0.39, 0.29) is 5.69 Å². The molecule has 1 aromatic heterocycles. The number of fused-ring (bicyclic) bond motifs is 1. The topological polar surface area (TPSA) is 70.1 Å². The average molecular weight is 366 g/mol. The first kappa shape index (κ1) is 17.2. The fraction of sp³-hybridized carbons (Fsp3) is 0.200. The van der Waals surface area contributed by atoms with Crippen LogP contribution in [0.1, 0.15) is 11.1 Å². The van der Waals surface area contributed by atoms with Gasteiger partial charge in [0.2, 0.25) is 0 Å². The molecule has 3 aromatic rings. The van der Waals surface area contributed by atoms with Crippen molar-refractivity contribution in [3.63, 3.8) is 0 Å². The van der Waals surface area contributed by atoms with Crippen molar-refractivity contribution in [1.29, 1.82) is 0 Å². The summed E-state index contributed by atoms with van der Waals surface area (Å²) in [6.07, 6.45) is 0.850. The maximum absolute atomic E-state index is 14.2. The zero-order valence-corrected chi connectivity index (χ0v) is 14.6. The van der Waals surface area contributed by atoms with Crippen LogP contribution in [0.15, 0.2) is 64.2 Å². The lowest BCUT2D eigenvalue weighted by atomic mass is 10.1. The van der Waals surface area contributed by atoms with Crippen LogP contribution in [0, 0.1) is 5.82 Å². The summed E-state index contributed by atoms with van der Waals surface area (Å²) < 4.78 is 15.4. The maximum Gasteiger partial charge on any atom is 0.334 e. The Morgan fingerprint density at radius 3 is 2.52 bits per heavy atom. The molecule has 2 N–H and O–H groups in total. The number of aromatic nitrogens is 2. The zero-order chi connectivity index (χ0) is 18.8. The smallest absolute Gasteiger partial charge is 0.334 e. The van der Waals surface area contributed by atoms with Crippen LogP contribution in [0.25, 0.3) is 5.69 Å². The molecule has 0 bridgehead atoms. The van der Waals surface area contributed by atoms with E-state index in [1.807, 2.05) is 18.2 Å². The fourth-order valence-electron chi connectivity index (χ4n) is 3.32. The molecule has 27 heavy (non-hydrogen) atoms. The van der Waals surface area contributed by atoms with Crippen molar-refractivity contribution in [3.8, 4) is 5.69 Å². The lowest BCUT2D eigenvalue weighted by Crippen LogP contribution is -2.43. The van der Waals surface area contributed by atoms with E-state index >= 15 is 0 Å². The van der Waals surface area contributed by atoms with Crippen molar-refractivity contribution < 1.29 is 4.39 Å². The van der Waals surface area contributed by atoms with E-state index in [2.05, 4.69) is 27.3 Å². The van der Waals surface area contributed by atoms with Crippen LogP contribution in [0.2, 0.25) is 0 Å². The number of benzene rings is 2. The number of aromatic amines is 1. The molecule has 0 unspecified atom stereocenters. The second-order valence-corrected chi connectivity index (χ2v) is 6.50. The van der Waals surface area contributed by atoms with Crippen molar-refractivity contribution in [3.05, 3.63) is 92.4 Å². The minimum Gasteiger partial charge on any atom is -0.358 e. The molecule has 0 spiro atoms. The highest BCUT2D eigenvalue weighted by Crippen LogP contribution is 2.22. The summed E-state index contributed by atoms with van der Waals surface area (Å²) in [7, 11) is 0. The van der Waals surface area contributed by atoms with Gasteiger partial charge in [-0.25, -0.2) is 13.8 Å². The van der Waals surface area contributed by atoms with Gasteiger partial charge in [0.25, 0.3) is 5.56 Å². The van der Waals surface area contributed by atoms with Gasteiger partial charge in [0.1, 0.15) is 11.6 Å².